The normalized spacial score (nSPS) is 12.5. The highest BCUT2D eigenvalue weighted by molar-refractivity contribution is 5.84. The number of carbonyl (C=O) groups excluding carboxylic acids is 1. The van der Waals surface area contributed by atoms with E-state index in [0.29, 0.717) is 17.3 Å². The van der Waals surface area contributed by atoms with Crippen molar-refractivity contribution in [2.75, 3.05) is 11.9 Å². The monoisotopic (exact) mass is 339 g/mol. The summed E-state index contributed by atoms with van der Waals surface area (Å²) in [4.78, 5) is 24.2. The van der Waals surface area contributed by atoms with E-state index in [1.165, 1.54) is 6.92 Å². The van der Waals surface area contributed by atoms with Crippen LogP contribution < -0.4 is 10.6 Å². The number of aromatic nitrogens is 3. The molecule has 0 aliphatic carbocycles. The number of aryl methyl sites for hydroxylation is 1. The van der Waals surface area contributed by atoms with Crippen LogP contribution in [0.5, 0.6) is 0 Å². The maximum Gasteiger partial charge on any atom is 0.405 e. The standard InChI is InChI=1S/C15H16F3N5O/c1-9-7-12(22-10(2)14(24)20-8-15(16,17)18)23-13(21-9)11-3-5-19-6-4-11/h3-7,10H,8H2,1-2H3,(H,20,24)(H,21,22,23)/t10-/m0/s1. The first-order valence-corrected chi connectivity index (χ1v) is 7.12. The number of hydrogen-bond donors (Lipinski definition) is 2. The molecule has 2 heterocycles. The van der Waals surface area contributed by atoms with E-state index in [-0.39, 0.29) is 0 Å². The molecule has 0 bridgehead atoms. The zero-order valence-electron chi connectivity index (χ0n) is 13.1. The molecule has 0 unspecified atom stereocenters. The quantitative estimate of drug-likeness (QED) is 0.874. The van der Waals surface area contributed by atoms with E-state index in [0.717, 1.165) is 5.56 Å². The molecule has 0 saturated carbocycles. The fourth-order valence-corrected chi connectivity index (χ4v) is 1.90. The van der Waals surface area contributed by atoms with Crippen LogP contribution >= 0.6 is 0 Å². The first-order valence-electron chi connectivity index (χ1n) is 7.12. The SMILES string of the molecule is Cc1cc(N[C@@H](C)C(=O)NCC(F)(F)F)nc(-c2ccncc2)n1. The summed E-state index contributed by atoms with van der Waals surface area (Å²) in [5.74, 6) is 0.0147. The summed E-state index contributed by atoms with van der Waals surface area (Å²) >= 11 is 0. The van der Waals surface area contributed by atoms with Crippen LogP contribution in [0.3, 0.4) is 0 Å². The zero-order valence-corrected chi connectivity index (χ0v) is 13.1. The van der Waals surface area contributed by atoms with Crippen LogP contribution in [0.25, 0.3) is 11.4 Å². The van der Waals surface area contributed by atoms with Crippen molar-refractivity contribution in [3.63, 3.8) is 0 Å². The van der Waals surface area contributed by atoms with Gasteiger partial charge in [-0.2, -0.15) is 13.2 Å². The van der Waals surface area contributed by atoms with Gasteiger partial charge in [-0.05, 0) is 26.0 Å². The number of amides is 1. The van der Waals surface area contributed by atoms with Gasteiger partial charge >= 0.3 is 6.18 Å². The number of nitrogens with zero attached hydrogens (tertiary/aromatic N) is 3. The van der Waals surface area contributed by atoms with Gasteiger partial charge in [0.25, 0.3) is 0 Å². The van der Waals surface area contributed by atoms with Gasteiger partial charge in [0.1, 0.15) is 18.4 Å². The molecule has 2 N–H and O–H groups in total. The second-order valence-corrected chi connectivity index (χ2v) is 5.15. The van der Waals surface area contributed by atoms with Gasteiger partial charge in [0.15, 0.2) is 5.82 Å². The molecule has 0 saturated heterocycles. The highest BCUT2D eigenvalue weighted by atomic mass is 19.4. The summed E-state index contributed by atoms with van der Waals surface area (Å²) < 4.78 is 36.4. The number of hydrogen-bond acceptors (Lipinski definition) is 5. The molecule has 1 atom stereocenters. The largest absolute Gasteiger partial charge is 0.405 e. The number of alkyl halides is 3. The predicted molar refractivity (Wildman–Crippen MR) is 82.1 cm³/mol. The maximum atomic E-state index is 12.1. The van der Waals surface area contributed by atoms with Gasteiger partial charge in [0, 0.05) is 29.7 Å². The molecule has 0 fully saturated rings. The highest BCUT2D eigenvalue weighted by Crippen LogP contribution is 2.17. The van der Waals surface area contributed by atoms with Crippen molar-refractivity contribution in [2.24, 2.45) is 0 Å². The molecule has 0 aromatic carbocycles. The Labute approximate surface area is 136 Å². The lowest BCUT2D eigenvalue weighted by molar-refractivity contribution is -0.138. The molecule has 6 nitrogen and oxygen atoms in total. The summed E-state index contributed by atoms with van der Waals surface area (Å²) in [6, 6.07) is 4.20. The summed E-state index contributed by atoms with van der Waals surface area (Å²) in [6.07, 6.45) is -1.25. The fraction of sp³-hybridized carbons (Fsp3) is 0.333. The van der Waals surface area contributed by atoms with Crippen LogP contribution in [0.2, 0.25) is 0 Å². The van der Waals surface area contributed by atoms with E-state index in [1.54, 1.807) is 37.5 Å². The van der Waals surface area contributed by atoms with Crippen LogP contribution in [0.15, 0.2) is 30.6 Å². The molecule has 2 aromatic heterocycles. The molecule has 0 radical (unpaired) electrons. The lowest BCUT2D eigenvalue weighted by Crippen LogP contribution is -2.42. The minimum Gasteiger partial charge on any atom is -0.359 e. The van der Waals surface area contributed by atoms with Gasteiger partial charge in [-0.3, -0.25) is 9.78 Å². The lowest BCUT2D eigenvalue weighted by Gasteiger charge is -2.16. The average Bonchev–Trinajstić information content (AvgIpc) is 2.52. The maximum absolute atomic E-state index is 12.1. The molecule has 0 spiro atoms. The number of rotatable bonds is 5. The third-order valence-electron chi connectivity index (χ3n) is 3.01. The molecule has 9 heteroatoms. The molecule has 2 aromatic rings. The van der Waals surface area contributed by atoms with Gasteiger partial charge in [-0.15, -0.1) is 0 Å². The number of halogens is 3. The Morgan fingerprint density at radius 1 is 1.25 bits per heavy atom. The topological polar surface area (TPSA) is 79.8 Å². The van der Waals surface area contributed by atoms with Crippen molar-refractivity contribution in [3.8, 4) is 11.4 Å². The Balaban J connectivity index is 2.09. The van der Waals surface area contributed by atoms with E-state index < -0.39 is 24.7 Å². The van der Waals surface area contributed by atoms with Gasteiger partial charge in [-0.1, -0.05) is 0 Å². The minimum atomic E-state index is -4.45. The molecule has 0 aliphatic heterocycles. The third-order valence-corrected chi connectivity index (χ3v) is 3.01. The van der Waals surface area contributed by atoms with Crippen LogP contribution in [0.4, 0.5) is 19.0 Å². The Kier molecular flexibility index (Phi) is 5.32. The smallest absolute Gasteiger partial charge is 0.359 e. The zero-order chi connectivity index (χ0) is 17.7. The Bertz CT molecular complexity index is 706. The lowest BCUT2D eigenvalue weighted by atomic mass is 10.2. The summed E-state index contributed by atoms with van der Waals surface area (Å²) in [5, 5.41) is 4.61. The molecule has 0 aliphatic rings. The molecule has 24 heavy (non-hydrogen) atoms. The van der Waals surface area contributed by atoms with Crippen molar-refractivity contribution >= 4 is 11.7 Å². The summed E-state index contributed by atoms with van der Waals surface area (Å²) in [6.45, 7) is 1.84. The van der Waals surface area contributed by atoms with Crippen molar-refractivity contribution in [3.05, 3.63) is 36.3 Å². The first kappa shape index (κ1) is 17.6. The highest BCUT2D eigenvalue weighted by Gasteiger charge is 2.28. The van der Waals surface area contributed by atoms with E-state index in [1.807, 2.05) is 5.32 Å². The van der Waals surface area contributed by atoms with Gasteiger partial charge in [-0.25, -0.2) is 9.97 Å². The molecule has 1 amide bonds. The molecular weight excluding hydrogens is 323 g/mol. The van der Waals surface area contributed by atoms with Crippen molar-refractivity contribution in [2.45, 2.75) is 26.1 Å². The van der Waals surface area contributed by atoms with E-state index in [4.69, 9.17) is 0 Å². The summed E-state index contributed by atoms with van der Waals surface area (Å²) in [5.41, 5.74) is 1.40. The van der Waals surface area contributed by atoms with Crippen LogP contribution in [-0.2, 0) is 4.79 Å². The predicted octanol–water partition coefficient (Wildman–Crippen LogP) is 2.33. The van der Waals surface area contributed by atoms with Gasteiger partial charge < -0.3 is 10.6 Å². The first-order chi connectivity index (χ1) is 11.2. The second kappa shape index (κ2) is 7.24. The van der Waals surface area contributed by atoms with Gasteiger partial charge in [0.05, 0.1) is 0 Å². The van der Waals surface area contributed by atoms with Crippen molar-refractivity contribution in [1.82, 2.24) is 20.3 Å². The number of nitrogens with one attached hydrogen (secondary N) is 2. The number of pyridine rings is 1. The third kappa shape index (κ3) is 5.18. The summed E-state index contributed by atoms with van der Waals surface area (Å²) in [7, 11) is 0. The number of carbonyl (C=O) groups is 1. The van der Waals surface area contributed by atoms with E-state index in [2.05, 4.69) is 20.3 Å². The average molecular weight is 339 g/mol. The minimum absolute atomic E-state index is 0.351. The van der Waals surface area contributed by atoms with Crippen LogP contribution in [0, 0.1) is 6.92 Å². The number of anilines is 1. The molecule has 128 valence electrons. The second-order valence-electron chi connectivity index (χ2n) is 5.15. The Morgan fingerprint density at radius 2 is 1.92 bits per heavy atom. The van der Waals surface area contributed by atoms with E-state index in [9.17, 15) is 18.0 Å². The van der Waals surface area contributed by atoms with E-state index >= 15 is 0 Å². The van der Waals surface area contributed by atoms with Crippen LogP contribution in [-0.4, -0.2) is 39.6 Å². The van der Waals surface area contributed by atoms with Gasteiger partial charge in [0.2, 0.25) is 5.91 Å². The fourth-order valence-electron chi connectivity index (χ4n) is 1.90. The Hall–Kier alpha value is -2.71. The van der Waals surface area contributed by atoms with Crippen molar-refractivity contribution < 1.29 is 18.0 Å². The van der Waals surface area contributed by atoms with Crippen molar-refractivity contribution in [1.29, 1.82) is 0 Å². The van der Waals surface area contributed by atoms with Crippen LogP contribution in [0.1, 0.15) is 12.6 Å². The molecular formula is C15H16F3N5O. The molecule has 2 rings (SSSR count). The Morgan fingerprint density at radius 3 is 2.54 bits per heavy atom.